The van der Waals surface area contributed by atoms with Gasteiger partial charge in [0.05, 0.1) is 5.69 Å². The van der Waals surface area contributed by atoms with Crippen LogP contribution in [0.3, 0.4) is 0 Å². The third kappa shape index (κ3) is 6.02. The van der Waals surface area contributed by atoms with Crippen molar-refractivity contribution in [3.8, 4) is 55.6 Å². The van der Waals surface area contributed by atoms with E-state index in [9.17, 15) is 0 Å². The van der Waals surface area contributed by atoms with Gasteiger partial charge in [0, 0.05) is 33.1 Å². The summed E-state index contributed by atoms with van der Waals surface area (Å²) in [5.74, 6) is 0. The fraction of sp³-hybridized carbons (Fsp3) is 0.0323. The van der Waals surface area contributed by atoms with Crippen molar-refractivity contribution >= 4 is 39.0 Å². The number of rotatable bonds is 8. The van der Waals surface area contributed by atoms with Crippen molar-refractivity contribution < 1.29 is 4.42 Å². The number of fused-ring (bicyclic) bond motifs is 6. The highest BCUT2D eigenvalue weighted by Crippen LogP contribution is 2.54. The Labute approximate surface area is 374 Å². The maximum Gasteiger partial charge on any atom is 0.136 e. The molecule has 0 radical (unpaired) electrons. The van der Waals surface area contributed by atoms with Crippen LogP contribution in [0, 0.1) is 0 Å². The van der Waals surface area contributed by atoms with Crippen molar-refractivity contribution in [1.82, 2.24) is 0 Å². The fourth-order valence-electron chi connectivity index (χ4n) is 10.4. The first-order valence-corrected chi connectivity index (χ1v) is 22.1. The van der Waals surface area contributed by atoms with E-state index in [1.54, 1.807) is 0 Å². The Kier molecular flexibility index (Phi) is 8.98. The maximum atomic E-state index is 6.32. The number of nitrogens with zero attached hydrogens (tertiary/aromatic N) is 1. The highest BCUT2D eigenvalue weighted by atomic mass is 16.3. The molecular weight excluding hydrogens is 775 g/mol. The molecule has 1 aliphatic rings. The van der Waals surface area contributed by atoms with Gasteiger partial charge >= 0.3 is 0 Å². The first-order chi connectivity index (χ1) is 31.6. The third-order valence-electron chi connectivity index (χ3n) is 13.4. The average Bonchev–Trinajstić information content (AvgIpc) is 3.88. The van der Waals surface area contributed by atoms with E-state index in [4.69, 9.17) is 4.42 Å². The van der Waals surface area contributed by atoms with Crippen LogP contribution in [0.1, 0.15) is 23.6 Å². The molecule has 1 heterocycles. The molecule has 11 aromatic rings. The van der Waals surface area contributed by atoms with Gasteiger partial charge in [-0.2, -0.15) is 0 Å². The van der Waals surface area contributed by atoms with Crippen LogP contribution in [-0.2, 0) is 5.41 Å². The number of hydrogen-bond acceptors (Lipinski definition) is 2. The van der Waals surface area contributed by atoms with Gasteiger partial charge in [0.2, 0.25) is 0 Å². The minimum absolute atomic E-state index is 0.349. The van der Waals surface area contributed by atoms with E-state index in [0.29, 0.717) is 0 Å². The van der Waals surface area contributed by atoms with Crippen molar-refractivity contribution in [3.63, 3.8) is 0 Å². The Morgan fingerprint density at radius 3 is 1.62 bits per heavy atom. The predicted octanol–water partition coefficient (Wildman–Crippen LogP) is 17.1. The van der Waals surface area contributed by atoms with Gasteiger partial charge in [-0.1, -0.05) is 200 Å². The second-order valence-corrected chi connectivity index (χ2v) is 16.9. The largest absolute Gasteiger partial charge is 0.456 e. The number of furan rings is 1. The van der Waals surface area contributed by atoms with Crippen LogP contribution in [0.2, 0.25) is 0 Å². The van der Waals surface area contributed by atoms with Gasteiger partial charge in [-0.15, -0.1) is 0 Å². The van der Waals surface area contributed by atoms with E-state index in [0.717, 1.165) is 55.7 Å². The van der Waals surface area contributed by atoms with E-state index in [1.165, 1.54) is 55.6 Å². The molecule has 1 unspecified atom stereocenters. The molecule has 12 rings (SSSR count). The molecule has 2 heteroatoms. The van der Waals surface area contributed by atoms with Crippen LogP contribution < -0.4 is 4.90 Å². The summed E-state index contributed by atoms with van der Waals surface area (Å²) in [5, 5.41) is 2.26. The molecule has 1 aromatic heterocycles. The first-order valence-electron chi connectivity index (χ1n) is 22.1. The molecule has 0 fully saturated rings. The minimum atomic E-state index is -0.349. The molecular formula is C62H43NO. The van der Waals surface area contributed by atoms with Crippen LogP contribution in [-0.4, -0.2) is 0 Å². The van der Waals surface area contributed by atoms with Crippen LogP contribution in [0.25, 0.3) is 77.6 Å². The molecule has 2 nitrogen and oxygen atoms in total. The quantitative estimate of drug-likeness (QED) is 0.152. The summed E-state index contributed by atoms with van der Waals surface area (Å²) in [6, 6.07) is 88.1. The zero-order valence-corrected chi connectivity index (χ0v) is 35.4. The Hall–Kier alpha value is -8.20. The van der Waals surface area contributed by atoms with E-state index in [-0.39, 0.29) is 5.41 Å². The van der Waals surface area contributed by atoms with Crippen molar-refractivity contribution in [2.24, 2.45) is 0 Å². The lowest BCUT2D eigenvalue weighted by Gasteiger charge is -2.32. The summed E-state index contributed by atoms with van der Waals surface area (Å²) in [7, 11) is 0. The summed E-state index contributed by atoms with van der Waals surface area (Å²) < 4.78 is 6.32. The second kappa shape index (κ2) is 15.3. The maximum absolute atomic E-state index is 6.32. The molecule has 0 spiro atoms. The summed E-state index contributed by atoms with van der Waals surface area (Å²) in [5.41, 5.74) is 20.6. The molecule has 0 saturated carbocycles. The lowest BCUT2D eigenvalue weighted by molar-refractivity contribution is 0.669. The summed E-state index contributed by atoms with van der Waals surface area (Å²) in [4.78, 5) is 2.46. The molecule has 0 amide bonds. The second-order valence-electron chi connectivity index (χ2n) is 16.9. The zero-order valence-electron chi connectivity index (χ0n) is 35.4. The normalized spacial score (nSPS) is 14.1. The molecule has 302 valence electrons. The monoisotopic (exact) mass is 817 g/mol. The lowest BCUT2D eigenvalue weighted by Crippen LogP contribution is -2.22. The minimum Gasteiger partial charge on any atom is -0.456 e. The van der Waals surface area contributed by atoms with Gasteiger partial charge in [-0.25, -0.2) is 0 Å². The van der Waals surface area contributed by atoms with E-state index in [1.807, 2.05) is 12.1 Å². The third-order valence-corrected chi connectivity index (χ3v) is 13.4. The Bertz CT molecular complexity index is 3510. The fourth-order valence-corrected chi connectivity index (χ4v) is 10.4. The predicted molar refractivity (Wildman–Crippen MR) is 268 cm³/mol. The lowest BCUT2D eigenvalue weighted by atomic mass is 9.74. The summed E-state index contributed by atoms with van der Waals surface area (Å²) in [6.45, 7) is 2.39. The van der Waals surface area contributed by atoms with Gasteiger partial charge in [0.25, 0.3) is 0 Å². The Morgan fingerprint density at radius 2 is 0.859 bits per heavy atom. The molecule has 0 bridgehead atoms. The Morgan fingerprint density at radius 1 is 0.344 bits per heavy atom. The molecule has 1 aliphatic carbocycles. The highest BCUT2D eigenvalue weighted by Gasteiger charge is 2.41. The summed E-state index contributed by atoms with van der Waals surface area (Å²) >= 11 is 0. The van der Waals surface area contributed by atoms with Gasteiger partial charge in [-0.05, 0) is 116 Å². The molecule has 0 aliphatic heterocycles. The van der Waals surface area contributed by atoms with Crippen molar-refractivity contribution in [2.75, 3.05) is 4.90 Å². The number of para-hydroxylation sites is 2. The van der Waals surface area contributed by atoms with Crippen molar-refractivity contribution in [1.29, 1.82) is 0 Å². The molecule has 0 N–H and O–H groups in total. The zero-order chi connectivity index (χ0) is 42.6. The highest BCUT2D eigenvalue weighted by molar-refractivity contribution is 6.12. The average molecular weight is 818 g/mol. The topological polar surface area (TPSA) is 16.4 Å². The smallest absolute Gasteiger partial charge is 0.136 e. The van der Waals surface area contributed by atoms with Crippen molar-refractivity contribution in [3.05, 3.63) is 259 Å². The molecule has 10 aromatic carbocycles. The first kappa shape index (κ1) is 37.6. The van der Waals surface area contributed by atoms with Crippen LogP contribution >= 0.6 is 0 Å². The SMILES string of the molecule is CC1(c2ccccc2)c2ccccc2-c2ccc(N(c3ccc(-c4cccc5oc6ccccc6c45)cc3)c3ccccc3-c3ccccc3-c3ccccc3-c3ccccc3)cc21. The van der Waals surface area contributed by atoms with Gasteiger partial charge < -0.3 is 9.32 Å². The van der Waals surface area contributed by atoms with Crippen LogP contribution in [0.15, 0.2) is 247 Å². The van der Waals surface area contributed by atoms with E-state index < -0.39 is 0 Å². The van der Waals surface area contributed by atoms with E-state index >= 15 is 0 Å². The number of anilines is 3. The standard InChI is InChI=1S/C62H43NO/c1-62(44-21-6-3-7-22-44)56-31-15-12-27-52(56)53-40-39-46(41-57(53)62)63(45-37-35-43(36-38-45)48-30-18-34-60-61(48)55-29-14-17-33-59(55)64-60)58-32-16-13-28-54(58)51-26-11-10-25-50(51)49-24-9-8-23-47(49)42-19-4-2-5-20-42/h2-41H,1H3. The van der Waals surface area contributed by atoms with Crippen molar-refractivity contribution in [2.45, 2.75) is 12.3 Å². The Balaban J connectivity index is 1.07. The summed E-state index contributed by atoms with van der Waals surface area (Å²) in [6.07, 6.45) is 0. The van der Waals surface area contributed by atoms with Gasteiger partial charge in [-0.3, -0.25) is 0 Å². The van der Waals surface area contributed by atoms with E-state index in [2.05, 4.69) is 242 Å². The van der Waals surface area contributed by atoms with Gasteiger partial charge in [0.15, 0.2) is 0 Å². The molecule has 64 heavy (non-hydrogen) atoms. The molecule has 1 atom stereocenters. The van der Waals surface area contributed by atoms with Gasteiger partial charge in [0.1, 0.15) is 11.2 Å². The van der Waals surface area contributed by atoms with Crippen LogP contribution in [0.4, 0.5) is 17.1 Å². The number of benzene rings is 10. The number of hydrogen-bond donors (Lipinski definition) is 0. The molecule has 0 saturated heterocycles. The van der Waals surface area contributed by atoms with Crippen LogP contribution in [0.5, 0.6) is 0 Å².